The van der Waals surface area contributed by atoms with Gasteiger partial charge in [-0.3, -0.25) is 4.98 Å². The molecule has 0 aromatic carbocycles. The predicted octanol–water partition coefficient (Wildman–Crippen LogP) is 4.85. The summed E-state index contributed by atoms with van der Waals surface area (Å²) in [6.07, 6.45) is 12.1. The molecule has 0 aliphatic heterocycles. The van der Waals surface area contributed by atoms with Gasteiger partial charge >= 0.3 is 0 Å². The molecule has 0 bridgehead atoms. The van der Waals surface area contributed by atoms with E-state index in [9.17, 15) is 0 Å². The monoisotopic (exact) mass is 231 g/mol. The number of hydrogen-bond acceptors (Lipinski definition) is 1. The Bertz CT molecular complexity index is 339. The molecule has 1 aliphatic carbocycles. The molecule has 17 heavy (non-hydrogen) atoms. The van der Waals surface area contributed by atoms with Crippen molar-refractivity contribution in [2.24, 2.45) is 5.92 Å². The fraction of sp³-hybridized carbons (Fsp3) is 0.688. The van der Waals surface area contributed by atoms with E-state index in [0.29, 0.717) is 5.92 Å². The number of aromatic nitrogens is 1. The third kappa shape index (κ3) is 3.83. The van der Waals surface area contributed by atoms with Crippen LogP contribution in [0.2, 0.25) is 0 Å². The number of nitrogens with zero attached hydrogens (tertiary/aromatic N) is 1. The first-order valence-electron chi connectivity index (χ1n) is 7.18. The zero-order valence-corrected chi connectivity index (χ0v) is 11.3. The van der Waals surface area contributed by atoms with Crippen LogP contribution in [-0.4, -0.2) is 4.98 Å². The lowest BCUT2D eigenvalue weighted by atomic mass is 9.83. The lowest BCUT2D eigenvalue weighted by Gasteiger charge is -2.23. The smallest absolute Gasteiger partial charge is 0.0375 e. The van der Waals surface area contributed by atoms with E-state index < -0.39 is 0 Å². The summed E-state index contributed by atoms with van der Waals surface area (Å²) in [5.41, 5.74) is 2.61. The summed E-state index contributed by atoms with van der Waals surface area (Å²) >= 11 is 0. The van der Waals surface area contributed by atoms with Crippen LogP contribution in [0.3, 0.4) is 0 Å². The first-order valence-corrected chi connectivity index (χ1v) is 7.18. The molecule has 1 atom stereocenters. The standard InChI is InChI=1S/C16H25N/c1-13(16-10-11-17-14(2)12-16)8-9-15-6-4-3-5-7-15/h10-13,15H,3-9H2,1-2H3. The molecule has 1 aromatic rings. The molecule has 1 saturated carbocycles. The quantitative estimate of drug-likeness (QED) is 0.721. The highest BCUT2D eigenvalue weighted by Crippen LogP contribution is 2.30. The highest BCUT2D eigenvalue weighted by atomic mass is 14.6. The van der Waals surface area contributed by atoms with E-state index in [1.807, 2.05) is 6.20 Å². The summed E-state index contributed by atoms with van der Waals surface area (Å²) in [7, 11) is 0. The van der Waals surface area contributed by atoms with E-state index in [2.05, 4.69) is 31.0 Å². The highest BCUT2D eigenvalue weighted by molar-refractivity contribution is 5.19. The molecule has 1 unspecified atom stereocenters. The minimum atomic E-state index is 0.693. The number of pyridine rings is 1. The van der Waals surface area contributed by atoms with Crippen molar-refractivity contribution in [3.63, 3.8) is 0 Å². The van der Waals surface area contributed by atoms with Crippen LogP contribution in [0.15, 0.2) is 18.3 Å². The first-order chi connectivity index (χ1) is 8.25. The summed E-state index contributed by atoms with van der Waals surface area (Å²) < 4.78 is 0. The zero-order chi connectivity index (χ0) is 12.1. The lowest BCUT2D eigenvalue weighted by Crippen LogP contribution is -2.07. The van der Waals surface area contributed by atoms with Crippen molar-refractivity contribution in [2.75, 3.05) is 0 Å². The van der Waals surface area contributed by atoms with Gasteiger partial charge in [0.15, 0.2) is 0 Å². The lowest BCUT2D eigenvalue weighted by molar-refractivity contribution is 0.325. The Morgan fingerprint density at radius 3 is 2.76 bits per heavy atom. The Morgan fingerprint density at radius 2 is 2.06 bits per heavy atom. The highest BCUT2D eigenvalue weighted by Gasteiger charge is 2.15. The molecule has 0 saturated heterocycles. The van der Waals surface area contributed by atoms with Crippen molar-refractivity contribution >= 4 is 0 Å². The number of rotatable bonds is 4. The third-order valence-electron chi connectivity index (χ3n) is 4.22. The molecule has 1 aromatic heterocycles. The van der Waals surface area contributed by atoms with Crippen LogP contribution in [0, 0.1) is 12.8 Å². The van der Waals surface area contributed by atoms with Crippen LogP contribution in [0.5, 0.6) is 0 Å². The Labute approximate surface area is 106 Å². The Kier molecular flexibility index (Phi) is 4.58. The van der Waals surface area contributed by atoms with Crippen LogP contribution in [0.4, 0.5) is 0 Å². The van der Waals surface area contributed by atoms with E-state index in [0.717, 1.165) is 11.6 Å². The van der Waals surface area contributed by atoms with Crippen LogP contribution in [0.25, 0.3) is 0 Å². The van der Waals surface area contributed by atoms with E-state index in [1.54, 1.807) is 0 Å². The zero-order valence-electron chi connectivity index (χ0n) is 11.3. The molecular formula is C16H25N. The summed E-state index contributed by atoms with van der Waals surface area (Å²) in [5, 5.41) is 0. The molecule has 0 spiro atoms. The van der Waals surface area contributed by atoms with Crippen LogP contribution in [-0.2, 0) is 0 Å². The van der Waals surface area contributed by atoms with Crippen molar-refractivity contribution in [3.05, 3.63) is 29.6 Å². The molecule has 1 heteroatoms. The largest absolute Gasteiger partial charge is 0.262 e. The van der Waals surface area contributed by atoms with Crippen LogP contribution < -0.4 is 0 Å². The van der Waals surface area contributed by atoms with E-state index in [-0.39, 0.29) is 0 Å². The second kappa shape index (κ2) is 6.18. The van der Waals surface area contributed by atoms with E-state index in [1.165, 1.54) is 50.5 Å². The summed E-state index contributed by atoms with van der Waals surface area (Å²) in [4.78, 5) is 4.27. The topological polar surface area (TPSA) is 12.9 Å². The number of hydrogen-bond donors (Lipinski definition) is 0. The number of aryl methyl sites for hydroxylation is 1. The van der Waals surface area contributed by atoms with Gasteiger partial charge in [-0.05, 0) is 49.3 Å². The third-order valence-corrected chi connectivity index (χ3v) is 4.22. The maximum atomic E-state index is 4.27. The summed E-state index contributed by atoms with van der Waals surface area (Å²) in [6, 6.07) is 4.42. The molecular weight excluding hydrogens is 206 g/mol. The minimum Gasteiger partial charge on any atom is -0.262 e. The average Bonchev–Trinajstić information content (AvgIpc) is 2.37. The van der Waals surface area contributed by atoms with Crippen LogP contribution in [0.1, 0.15) is 69.0 Å². The molecule has 2 rings (SSSR count). The van der Waals surface area contributed by atoms with Crippen molar-refractivity contribution in [1.82, 2.24) is 4.98 Å². The van der Waals surface area contributed by atoms with Crippen LogP contribution >= 0.6 is 0 Å². The predicted molar refractivity (Wildman–Crippen MR) is 73.2 cm³/mol. The average molecular weight is 231 g/mol. The van der Waals surface area contributed by atoms with Gasteiger partial charge in [-0.25, -0.2) is 0 Å². The molecule has 1 heterocycles. The fourth-order valence-electron chi connectivity index (χ4n) is 3.00. The van der Waals surface area contributed by atoms with E-state index >= 15 is 0 Å². The maximum Gasteiger partial charge on any atom is 0.0375 e. The Hall–Kier alpha value is -0.850. The van der Waals surface area contributed by atoms with Crippen molar-refractivity contribution in [2.45, 2.75) is 64.7 Å². The second-order valence-electron chi connectivity index (χ2n) is 5.71. The Balaban J connectivity index is 1.82. The van der Waals surface area contributed by atoms with E-state index in [4.69, 9.17) is 0 Å². The van der Waals surface area contributed by atoms with Gasteiger partial charge in [-0.15, -0.1) is 0 Å². The molecule has 0 N–H and O–H groups in total. The maximum absolute atomic E-state index is 4.27. The minimum absolute atomic E-state index is 0.693. The fourth-order valence-corrected chi connectivity index (χ4v) is 3.00. The van der Waals surface area contributed by atoms with Gasteiger partial charge in [0.25, 0.3) is 0 Å². The van der Waals surface area contributed by atoms with Gasteiger partial charge in [-0.1, -0.05) is 39.0 Å². The normalized spacial score (nSPS) is 19.2. The van der Waals surface area contributed by atoms with Crippen molar-refractivity contribution in [1.29, 1.82) is 0 Å². The Morgan fingerprint density at radius 1 is 1.29 bits per heavy atom. The molecule has 94 valence electrons. The SMILES string of the molecule is Cc1cc(C(C)CCC2CCCCC2)ccn1. The molecule has 0 amide bonds. The molecule has 1 fully saturated rings. The molecule has 1 nitrogen and oxygen atoms in total. The first kappa shape index (κ1) is 12.6. The molecule has 0 radical (unpaired) electrons. The molecule has 1 aliphatic rings. The van der Waals surface area contributed by atoms with Gasteiger partial charge < -0.3 is 0 Å². The summed E-state index contributed by atoms with van der Waals surface area (Å²) in [5.74, 6) is 1.70. The van der Waals surface area contributed by atoms with Gasteiger partial charge in [0.1, 0.15) is 0 Å². The van der Waals surface area contributed by atoms with Gasteiger partial charge in [0, 0.05) is 11.9 Å². The second-order valence-corrected chi connectivity index (χ2v) is 5.71. The van der Waals surface area contributed by atoms with Gasteiger partial charge in [0.05, 0.1) is 0 Å². The van der Waals surface area contributed by atoms with Gasteiger partial charge in [-0.2, -0.15) is 0 Å². The van der Waals surface area contributed by atoms with Gasteiger partial charge in [0.2, 0.25) is 0 Å². The van der Waals surface area contributed by atoms with Crippen molar-refractivity contribution in [3.8, 4) is 0 Å². The van der Waals surface area contributed by atoms with Crippen molar-refractivity contribution < 1.29 is 0 Å². The summed E-state index contributed by atoms with van der Waals surface area (Å²) in [6.45, 7) is 4.44.